The minimum atomic E-state index is -3.64. The Bertz CT molecular complexity index is 917. The summed E-state index contributed by atoms with van der Waals surface area (Å²) in [6.07, 6.45) is 4.31. The molecule has 0 amide bonds. The summed E-state index contributed by atoms with van der Waals surface area (Å²) in [6, 6.07) is 12.4. The highest BCUT2D eigenvalue weighted by Crippen LogP contribution is 2.51. The van der Waals surface area contributed by atoms with E-state index in [4.69, 9.17) is 0 Å². The van der Waals surface area contributed by atoms with Gasteiger partial charge in [-0.05, 0) is 37.5 Å². The SMILES string of the molecule is Cc1ccc(F)c(CS(=O)(=O)N2CC3(CCCC3)c3ccccc32)c1. The predicted octanol–water partition coefficient (Wildman–Crippen LogP) is 4.30. The molecule has 3 nitrogen and oxygen atoms in total. The molecule has 0 aromatic heterocycles. The van der Waals surface area contributed by atoms with Gasteiger partial charge in [-0.1, -0.05) is 48.7 Å². The molecule has 0 bridgehead atoms. The van der Waals surface area contributed by atoms with Gasteiger partial charge in [-0.25, -0.2) is 12.8 Å². The second-order valence-electron chi connectivity index (χ2n) is 7.36. The van der Waals surface area contributed by atoms with Crippen LogP contribution in [0.1, 0.15) is 42.4 Å². The maximum Gasteiger partial charge on any atom is 0.239 e. The smallest absolute Gasteiger partial charge is 0.239 e. The van der Waals surface area contributed by atoms with Crippen LogP contribution in [0, 0.1) is 12.7 Å². The molecule has 1 saturated carbocycles. The fourth-order valence-electron chi connectivity index (χ4n) is 4.40. The van der Waals surface area contributed by atoms with Crippen LogP contribution in [0.15, 0.2) is 42.5 Å². The Balaban J connectivity index is 1.73. The van der Waals surface area contributed by atoms with Crippen molar-refractivity contribution in [3.05, 3.63) is 65.0 Å². The van der Waals surface area contributed by atoms with Crippen LogP contribution in [0.3, 0.4) is 0 Å². The molecule has 0 saturated heterocycles. The van der Waals surface area contributed by atoms with Gasteiger partial charge in [0.2, 0.25) is 10.0 Å². The highest BCUT2D eigenvalue weighted by atomic mass is 32.2. The van der Waals surface area contributed by atoms with Crippen LogP contribution in [-0.4, -0.2) is 15.0 Å². The first kappa shape index (κ1) is 16.6. The van der Waals surface area contributed by atoms with Crippen molar-refractivity contribution in [2.24, 2.45) is 0 Å². The van der Waals surface area contributed by atoms with Gasteiger partial charge in [-0.2, -0.15) is 0 Å². The third-order valence-electron chi connectivity index (χ3n) is 5.63. The van der Waals surface area contributed by atoms with Gasteiger partial charge in [-0.3, -0.25) is 4.31 Å². The largest absolute Gasteiger partial charge is 0.269 e. The Morgan fingerprint density at radius 3 is 2.60 bits per heavy atom. The third kappa shape index (κ3) is 2.74. The molecule has 0 N–H and O–H groups in total. The molecule has 132 valence electrons. The Kier molecular flexibility index (Phi) is 3.87. The number of hydrogen-bond acceptors (Lipinski definition) is 2. The molecular weight excluding hydrogens is 337 g/mol. The third-order valence-corrected chi connectivity index (χ3v) is 7.30. The summed E-state index contributed by atoms with van der Waals surface area (Å²) < 4.78 is 41.9. The van der Waals surface area contributed by atoms with Gasteiger partial charge in [0.25, 0.3) is 0 Å². The van der Waals surface area contributed by atoms with Crippen LogP contribution >= 0.6 is 0 Å². The molecule has 25 heavy (non-hydrogen) atoms. The summed E-state index contributed by atoms with van der Waals surface area (Å²) in [5.41, 5.74) is 2.96. The van der Waals surface area contributed by atoms with E-state index in [0.29, 0.717) is 6.54 Å². The predicted molar refractivity (Wildman–Crippen MR) is 97.7 cm³/mol. The Hall–Kier alpha value is -1.88. The molecular formula is C20H22FNO2S. The van der Waals surface area contributed by atoms with E-state index in [2.05, 4.69) is 6.07 Å². The molecule has 1 fully saturated rings. The quantitative estimate of drug-likeness (QED) is 0.819. The average Bonchev–Trinajstić information content (AvgIpc) is 3.18. The lowest BCUT2D eigenvalue weighted by atomic mass is 9.81. The fourth-order valence-corrected chi connectivity index (χ4v) is 6.07. The fraction of sp³-hybridized carbons (Fsp3) is 0.400. The highest BCUT2D eigenvalue weighted by molar-refractivity contribution is 7.92. The number of para-hydroxylation sites is 1. The Labute approximate surface area is 148 Å². The topological polar surface area (TPSA) is 37.4 Å². The number of aryl methyl sites for hydroxylation is 1. The van der Waals surface area contributed by atoms with E-state index in [-0.39, 0.29) is 16.7 Å². The monoisotopic (exact) mass is 359 g/mol. The van der Waals surface area contributed by atoms with Crippen LogP contribution in [0.25, 0.3) is 0 Å². The van der Waals surface area contributed by atoms with Crippen molar-refractivity contribution >= 4 is 15.7 Å². The van der Waals surface area contributed by atoms with Crippen LogP contribution in [0.5, 0.6) is 0 Å². The first-order valence-electron chi connectivity index (χ1n) is 8.76. The molecule has 2 aliphatic rings. The van der Waals surface area contributed by atoms with Crippen LogP contribution in [-0.2, 0) is 21.2 Å². The van der Waals surface area contributed by atoms with E-state index >= 15 is 0 Å². The molecule has 0 unspecified atom stereocenters. The molecule has 0 radical (unpaired) electrons. The van der Waals surface area contributed by atoms with Crippen molar-refractivity contribution < 1.29 is 12.8 Å². The maximum absolute atomic E-state index is 14.1. The number of halogens is 1. The molecule has 4 rings (SSSR count). The van der Waals surface area contributed by atoms with Crippen molar-refractivity contribution in [3.63, 3.8) is 0 Å². The van der Waals surface area contributed by atoms with Gasteiger partial charge in [0.05, 0.1) is 11.4 Å². The van der Waals surface area contributed by atoms with E-state index in [0.717, 1.165) is 42.5 Å². The standard InChI is InChI=1S/C20H22FNO2S/c1-15-8-9-18(21)16(12-15)13-25(23,24)22-14-20(10-4-5-11-20)17-6-2-3-7-19(17)22/h2-3,6-9,12H,4-5,10-11,13-14H2,1H3. The summed E-state index contributed by atoms with van der Waals surface area (Å²) in [5, 5.41) is 0. The van der Waals surface area contributed by atoms with Crippen molar-refractivity contribution in [3.8, 4) is 0 Å². The van der Waals surface area contributed by atoms with Gasteiger partial charge in [0, 0.05) is 17.5 Å². The summed E-state index contributed by atoms with van der Waals surface area (Å²) in [6.45, 7) is 2.33. The molecule has 5 heteroatoms. The number of hydrogen-bond donors (Lipinski definition) is 0. The first-order valence-corrected chi connectivity index (χ1v) is 10.4. The lowest BCUT2D eigenvalue weighted by molar-refractivity contribution is 0.476. The van der Waals surface area contributed by atoms with Gasteiger partial charge >= 0.3 is 0 Å². The van der Waals surface area contributed by atoms with Gasteiger partial charge in [-0.15, -0.1) is 0 Å². The van der Waals surface area contributed by atoms with Crippen LogP contribution < -0.4 is 4.31 Å². The van der Waals surface area contributed by atoms with E-state index < -0.39 is 15.8 Å². The van der Waals surface area contributed by atoms with Gasteiger partial charge in [0.1, 0.15) is 5.82 Å². The zero-order valence-electron chi connectivity index (χ0n) is 14.3. The molecule has 1 aliphatic carbocycles. The zero-order chi connectivity index (χ0) is 17.7. The number of benzene rings is 2. The van der Waals surface area contributed by atoms with E-state index in [1.807, 2.05) is 25.1 Å². The highest BCUT2D eigenvalue weighted by Gasteiger charge is 2.47. The summed E-state index contributed by atoms with van der Waals surface area (Å²) in [7, 11) is -3.64. The van der Waals surface area contributed by atoms with E-state index in [9.17, 15) is 12.8 Å². The number of sulfonamides is 1. The Morgan fingerprint density at radius 1 is 1.12 bits per heavy atom. The second-order valence-corrected chi connectivity index (χ2v) is 9.26. The maximum atomic E-state index is 14.1. The normalized spacial score (nSPS) is 18.7. The molecule has 0 atom stereocenters. The zero-order valence-corrected chi connectivity index (χ0v) is 15.2. The van der Waals surface area contributed by atoms with E-state index in [1.165, 1.54) is 10.4 Å². The lowest BCUT2D eigenvalue weighted by Crippen LogP contribution is -2.36. The Morgan fingerprint density at radius 2 is 1.84 bits per heavy atom. The number of rotatable bonds is 3. The van der Waals surface area contributed by atoms with Gasteiger partial charge in [0.15, 0.2) is 0 Å². The van der Waals surface area contributed by atoms with Crippen LogP contribution in [0.2, 0.25) is 0 Å². The summed E-state index contributed by atoms with van der Waals surface area (Å²) >= 11 is 0. The molecule has 2 aromatic carbocycles. The minimum absolute atomic E-state index is 0.0607. The number of anilines is 1. The second kappa shape index (κ2) is 5.84. The molecule has 2 aromatic rings. The molecule has 1 aliphatic heterocycles. The lowest BCUT2D eigenvalue weighted by Gasteiger charge is -2.25. The average molecular weight is 359 g/mol. The molecule has 1 heterocycles. The van der Waals surface area contributed by atoms with Gasteiger partial charge < -0.3 is 0 Å². The first-order chi connectivity index (χ1) is 11.9. The van der Waals surface area contributed by atoms with Crippen LogP contribution in [0.4, 0.5) is 10.1 Å². The summed E-state index contributed by atoms with van der Waals surface area (Å²) in [4.78, 5) is 0. The van der Waals surface area contributed by atoms with Crippen molar-refractivity contribution in [2.45, 2.75) is 43.8 Å². The van der Waals surface area contributed by atoms with Crippen molar-refractivity contribution in [2.75, 3.05) is 10.8 Å². The van der Waals surface area contributed by atoms with E-state index in [1.54, 1.807) is 12.1 Å². The van der Waals surface area contributed by atoms with Crippen molar-refractivity contribution in [1.29, 1.82) is 0 Å². The number of fused-ring (bicyclic) bond motifs is 2. The minimum Gasteiger partial charge on any atom is -0.269 e. The summed E-state index contributed by atoms with van der Waals surface area (Å²) in [5.74, 6) is -0.762. The van der Waals surface area contributed by atoms with Crippen molar-refractivity contribution in [1.82, 2.24) is 0 Å². The number of nitrogens with zero attached hydrogens (tertiary/aromatic N) is 1. The molecule has 1 spiro atoms.